The maximum absolute atomic E-state index is 11.8. The summed E-state index contributed by atoms with van der Waals surface area (Å²) in [6.07, 6.45) is 2.69. The van der Waals surface area contributed by atoms with Gasteiger partial charge in [0.2, 0.25) is 0 Å². The molecule has 1 aliphatic carbocycles. The van der Waals surface area contributed by atoms with Gasteiger partial charge in [-0.2, -0.15) is 0 Å². The molecule has 2 heteroatoms. The standard InChI is InChI=1S/C14H10O2/c15-12-7-5-9-3-1-2-4-10(9)14-11(12)6-8-13(14)16/h1-8,13,16H. The summed E-state index contributed by atoms with van der Waals surface area (Å²) in [6, 6.07) is 11.1. The van der Waals surface area contributed by atoms with E-state index in [0.717, 1.165) is 16.3 Å². The van der Waals surface area contributed by atoms with Crippen molar-refractivity contribution in [2.24, 2.45) is 0 Å². The molecule has 3 rings (SSSR count). The van der Waals surface area contributed by atoms with Crippen LogP contribution in [0.25, 0.3) is 16.8 Å². The number of aliphatic hydroxyl groups excluding tert-OH is 1. The molecular weight excluding hydrogens is 200 g/mol. The highest BCUT2D eigenvalue weighted by Gasteiger charge is 2.18. The molecule has 78 valence electrons. The van der Waals surface area contributed by atoms with E-state index in [1.807, 2.05) is 24.3 Å². The van der Waals surface area contributed by atoms with E-state index in [1.54, 1.807) is 24.3 Å². The lowest BCUT2D eigenvalue weighted by atomic mass is 10.0. The van der Waals surface area contributed by atoms with Gasteiger partial charge in [0, 0.05) is 11.1 Å². The average Bonchev–Trinajstić information content (AvgIpc) is 2.61. The molecule has 1 unspecified atom stereocenters. The molecule has 1 N–H and O–H groups in total. The van der Waals surface area contributed by atoms with E-state index in [4.69, 9.17) is 0 Å². The summed E-state index contributed by atoms with van der Waals surface area (Å²) in [5.74, 6) is 0. The van der Waals surface area contributed by atoms with Gasteiger partial charge in [0.25, 0.3) is 0 Å². The lowest BCUT2D eigenvalue weighted by molar-refractivity contribution is 0.233. The van der Waals surface area contributed by atoms with E-state index < -0.39 is 6.10 Å². The van der Waals surface area contributed by atoms with Gasteiger partial charge in [0.05, 0.1) is 6.10 Å². The Hall–Kier alpha value is -1.93. The van der Waals surface area contributed by atoms with Gasteiger partial charge in [-0.1, -0.05) is 42.5 Å². The van der Waals surface area contributed by atoms with Crippen LogP contribution in [0, 0.1) is 0 Å². The Morgan fingerprint density at radius 2 is 1.88 bits per heavy atom. The molecule has 2 aromatic carbocycles. The lowest BCUT2D eigenvalue weighted by Crippen LogP contribution is -2.01. The van der Waals surface area contributed by atoms with E-state index in [-0.39, 0.29) is 5.43 Å². The quantitative estimate of drug-likeness (QED) is 0.724. The van der Waals surface area contributed by atoms with Crippen LogP contribution in [0.2, 0.25) is 0 Å². The Kier molecular flexibility index (Phi) is 1.91. The molecule has 0 amide bonds. The van der Waals surface area contributed by atoms with Crippen LogP contribution in [-0.2, 0) is 0 Å². The number of hydrogen-bond donors (Lipinski definition) is 1. The third-order valence-electron chi connectivity index (χ3n) is 2.96. The molecule has 0 heterocycles. The summed E-state index contributed by atoms with van der Waals surface area (Å²) >= 11 is 0. The minimum Gasteiger partial charge on any atom is -0.384 e. The van der Waals surface area contributed by atoms with Gasteiger partial charge in [0.1, 0.15) is 0 Å². The first-order valence-corrected chi connectivity index (χ1v) is 5.19. The predicted molar refractivity (Wildman–Crippen MR) is 64.2 cm³/mol. The van der Waals surface area contributed by atoms with E-state index in [2.05, 4.69) is 0 Å². The van der Waals surface area contributed by atoms with Crippen molar-refractivity contribution in [1.29, 1.82) is 0 Å². The minimum atomic E-state index is -0.667. The zero-order chi connectivity index (χ0) is 11.1. The normalized spacial score (nSPS) is 17.7. The van der Waals surface area contributed by atoms with Crippen molar-refractivity contribution in [2.45, 2.75) is 6.10 Å². The highest BCUT2D eigenvalue weighted by Crippen LogP contribution is 2.31. The molecule has 0 aromatic heterocycles. The molecule has 0 spiro atoms. The Morgan fingerprint density at radius 1 is 1.06 bits per heavy atom. The molecular formula is C14H10O2. The molecule has 0 radical (unpaired) electrons. The summed E-state index contributed by atoms with van der Waals surface area (Å²) in [7, 11) is 0. The van der Waals surface area contributed by atoms with Crippen molar-refractivity contribution in [3.05, 3.63) is 63.8 Å². The van der Waals surface area contributed by atoms with Gasteiger partial charge in [0.15, 0.2) is 5.43 Å². The summed E-state index contributed by atoms with van der Waals surface area (Å²) in [5.41, 5.74) is 1.29. The third kappa shape index (κ3) is 1.20. The molecule has 16 heavy (non-hydrogen) atoms. The number of fused-ring (bicyclic) bond motifs is 3. The molecule has 2 aromatic rings. The molecule has 0 fully saturated rings. The number of rotatable bonds is 0. The molecule has 1 aliphatic rings. The van der Waals surface area contributed by atoms with Crippen molar-refractivity contribution >= 4 is 16.8 Å². The van der Waals surface area contributed by atoms with Crippen molar-refractivity contribution in [2.75, 3.05) is 0 Å². The van der Waals surface area contributed by atoms with E-state index >= 15 is 0 Å². The predicted octanol–water partition coefficient (Wildman–Crippen LogP) is 2.26. The molecule has 0 aliphatic heterocycles. The second-order valence-electron chi connectivity index (χ2n) is 3.92. The lowest BCUT2D eigenvalue weighted by Gasteiger charge is -2.04. The van der Waals surface area contributed by atoms with Gasteiger partial charge in [-0.25, -0.2) is 0 Å². The zero-order valence-electron chi connectivity index (χ0n) is 8.55. The first kappa shape index (κ1) is 9.31. The van der Waals surface area contributed by atoms with Crippen LogP contribution in [0.15, 0.2) is 47.3 Å². The van der Waals surface area contributed by atoms with E-state index in [0.29, 0.717) is 5.56 Å². The average molecular weight is 210 g/mol. The fourth-order valence-corrected chi connectivity index (χ4v) is 2.19. The number of benzene rings is 1. The second kappa shape index (κ2) is 3.29. The van der Waals surface area contributed by atoms with Crippen LogP contribution >= 0.6 is 0 Å². The SMILES string of the molecule is O=c1ccc2ccccc2c2c1C=CC2O. The first-order valence-electron chi connectivity index (χ1n) is 5.19. The molecule has 0 saturated heterocycles. The minimum absolute atomic E-state index is 0.0426. The summed E-state index contributed by atoms with van der Waals surface area (Å²) in [6.45, 7) is 0. The van der Waals surface area contributed by atoms with Crippen molar-refractivity contribution in [3.63, 3.8) is 0 Å². The Balaban J connectivity index is 2.58. The maximum Gasteiger partial charge on any atom is 0.186 e. The molecule has 2 nitrogen and oxygen atoms in total. The first-order chi connectivity index (χ1) is 7.77. The van der Waals surface area contributed by atoms with Gasteiger partial charge in [-0.3, -0.25) is 4.79 Å². The summed E-state index contributed by atoms with van der Waals surface area (Å²) < 4.78 is 0. The van der Waals surface area contributed by atoms with Crippen molar-refractivity contribution in [1.82, 2.24) is 0 Å². The monoisotopic (exact) mass is 210 g/mol. The highest BCUT2D eigenvalue weighted by atomic mass is 16.3. The van der Waals surface area contributed by atoms with Crippen LogP contribution in [0.5, 0.6) is 0 Å². The third-order valence-corrected chi connectivity index (χ3v) is 2.96. The fourth-order valence-electron chi connectivity index (χ4n) is 2.19. The zero-order valence-corrected chi connectivity index (χ0v) is 8.55. The van der Waals surface area contributed by atoms with Gasteiger partial charge in [-0.15, -0.1) is 0 Å². The molecule has 1 atom stereocenters. The van der Waals surface area contributed by atoms with Crippen LogP contribution in [0.4, 0.5) is 0 Å². The molecule has 0 bridgehead atoms. The number of aliphatic hydroxyl groups is 1. The van der Waals surface area contributed by atoms with Crippen LogP contribution in [0.3, 0.4) is 0 Å². The largest absolute Gasteiger partial charge is 0.384 e. The Morgan fingerprint density at radius 3 is 2.75 bits per heavy atom. The van der Waals surface area contributed by atoms with Crippen molar-refractivity contribution in [3.8, 4) is 0 Å². The number of hydrogen-bond acceptors (Lipinski definition) is 2. The highest BCUT2D eigenvalue weighted by molar-refractivity contribution is 5.89. The summed E-state index contributed by atoms with van der Waals surface area (Å²) in [5, 5.41) is 11.8. The topological polar surface area (TPSA) is 37.3 Å². The van der Waals surface area contributed by atoms with Crippen molar-refractivity contribution < 1.29 is 5.11 Å². The Labute approximate surface area is 92.5 Å². The Bertz CT molecular complexity index is 656. The van der Waals surface area contributed by atoms with Gasteiger partial charge < -0.3 is 5.11 Å². The van der Waals surface area contributed by atoms with Gasteiger partial charge in [-0.05, 0) is 16.8 Å². The van der Waals surface area contributed by atoms with Crippen LogP contribution in [0.1, 0.15) is 17.2 Å². The fraction of sp³-hybridized carbons (Fsp3) is 0.0714. The smallest absolute Gasteiger partial charge is 0.186 e. The van der Waals surface area contributed by atoms with Crippen LogP contribution < -0.4 is 5.43 Å². The second-order valence-corrected chi connectivity index (χ2v) is 3.92. The maximum atomic E-state index is 11.8. The van der Waals surface area contributed by atoms with Gasteiger partial charge >= 0.3 is 0 Å². The molecule has 0 saturated carbocycles. The van der Waals surface area contributed by atoms with E-state index in [1.165, 1.54) is 0 Å². The van der Waals surface area contributed by atoms with Crippen LogP contribution in [-0.4, -0.2) is 5.11 Å². The van der Waals surface area contributed by atoms with E-state index in [9.17, 15) is 9.90 Å². The summed E-state index contributed by atoms with van der Waals surface area (Å²) in [4.78, 5) is 11.8.